The summed E-state index contributed by atoms with van der Waals surface area (Å²) >= 11 is 1.86. The number of H-pyrrole nitrogens is 1. The smallest absolute Gasteiger partial charge is 0.289 e. The number of hydrogen-bond acceptors (Lipinski definition) is 5. The molecular weight excluding hydrogens is 376 g/mol. The number of amides is 2. The number of fused-ring (bicyclic) bond motifs is 2. The zero-order valence-electron chi connectivity index (χ0n) is 15.2. The van der Waals surface area contributed by atoms with Crippen LogP contribution in [0.1, 0.15) is 38.7 Å². The van der Waals surface area contributed by atoms with Crippen LogP contribution in [0.3, 0.4) is 0 Å². The first-order valence-electron chi connectivity index (χ1n) is 9.41. The lowest BCUT2D eigenvalue weighted by Crippen LogP contribution is -2.38. The number of nitrogens with zero attached hydrogens (tertiary/aromatic N) is 2. The van der Waals surface area contributed by atoms with E-state index in [9.17, 15) is 9.59 Å². The molecule has 7 nitrogen and oxygen atoms in total. The van der Waals surface area contributed by atoms with Crippen LogP contribution in [0.5, 0.6) is 0 Å². The van der Waals surface area contributed by atoms with Crippen molar-refractivity contribution in [2.75, 3.05) is 18.1 Å². The van der Waals surface area contributed by atoms with Gasteiger partial charge < -0.3 is 14.6 Å². The molecule has 2 N–H and O–H groups in total. The molecule has 1 aromatic carbocycles. The van der Waals surface area contributed by atoms with Gasteiger partial charge in [-0.2, -0.15) is 16.9 Å². The number of aromatic nitrogens is 2. The Morgan fingerprint density at radius 1 is 1.32 bits per heavy atom. The first-order chi connectivity index (χ1) is 13.7. The van der Waals surface area contributed by atoms with Crippen LogP contribution in [0.2, 0.25) is 0 Å². The van der Waals surface area contributed by atoms with Crippen LogP contribution in [0.15, 0.2) is 34.7 Å². The van der Waals surface area contributed by atoms with Crippen molar-refractivity contribution in [2.45, 2.75) is 25.4 Å². The number of nitrogens with one attached hydrogen (secondary N) is 2. The number of thioether (sulfide) groups is 1. The fraction of sp³-hybridized carbons (Fsp3) is 0.350. The minimum Gasteiger partial charge on any atom is -0.451 e. The number of rotatable bonds is 3. The predicted octanol–water partition coefficient (Wildman–Crippen LogP) is 2.59. The molecule has 8 heteroatoms. The summed E-state index contributed by atoms with van der Waals surface area (Å²) in [6, 6.07) is 9.57. The van der Waals surface area contributed by atoms with Crippen LogP contribution < -0.4 is 5.32 Å². The summed E-state index contributed by atoms with van der Waals surface area (Å²) in [4.78, 5) is 27.2. The van der Waals surface area contributed by atoms with Crippen molar-refractivity contribution >= 4 is 34.5 Å². The van der Waals surface area contributed by atoms with Gasteiger partial charge in [0.2, 0.25) is 0 Å². The summed E-state index contributed by atoms with van der Waals surface area (Å²) < 4.78 is 5.71. The molecule has 1 fully saturated rings. The van der Waals surface area contributed by atoms with E-state index in [2.05, 4.69) is 15.5 Å². The molecule has 0 spiro atoms. The molecule has 2 amide bonds. The molecule has 1 unspecified atom stereocenters. The van der Waals surface area contributed by atoms with Gasteiger partial charge in [0.25, 0.3) is 11.8 Å². The third kappa shape index (κ3) is 3.07. The number of carbonyl (C=O) groups is 2. The Morgan fingerprint density at radius 2 is 2.21 bits per heavy atom. The largest absolute Gasteiger partial charge is 0.451 e. The highest BCUT2D eigenvalue weighted by Gasteiger charge is 2.30. The molecule has 3 aromatic rings. The number of furan rings is 1. The van der Waals surface area contributed by atoms with Gasteiger partial charge in [-0.05, 0) is 30.7 Å². The molecule has 0 bridgehead atoms. The second-order valence-corrected chi connectivity index (χ2v) is 8.34. The maximum atomic E-state index is 12.9. The average molecular weight is 396 g/mol. The Balaban J connectivity index is 1.32. The SMILES string of the molecule is O=C(NC1CCSC1)c1n[nH]c2c1CCN(C(=O)c1cc3ccccc3o1)C2. The van der Waals surface area contributed by atoms with Gasteiger partial charge in [0, 0.05) is 29.3 Å². The standard InChI is InChI=1S/C20H20N4O3S/c25-19(21-13-6-8-28-11-13)18-14-5-7-24(10-15(14)22-23-18)20(26)17-9-12-3-1-2-4-16(12)27-17/h1-4,9,13H,5-8,10-11H2,(H,21,25)(H,22,23). The molecule has 2 aliphatic heterocycles. The van der Waals surface area contributed by atoms with Crippen LogP contribution in [0.25, 0.3) is 11.0 Å². The third-order valence-corrected chi connectivity index (χ3v) is 6.50. The van der Waals surface area contributed by atoms with Gasteiger partial charge in [-0.25, -0.2) is 0 Å². The summed E-state index contributed by atoms with van der Waals surface area (Å²) in [7, 11) is 0. The van der Waals surface area contributed by atoms with E-state index in [0.29, 0.717) is 36.5 Å². The summed E-state index contributed by atoms with van der Waals surface area (Å²) in [5, 5.41) is 11.2. The van der Waals surface area contributed by atoms with Crippen LogP contribution in [0, 0.1) is 0 Å². The van der Waals surface area contributed by atoms with E-state index in [0.717, 1.165) is 34.6 Å². The fourth-order valence-corrected chi connectivity index (χ4v) is 4.98. The fourth-order valence-electron chi connectivity index (χ4n) is 3.82. The number of hydrogen-bond donors (Lipinski definition) is 2. The molecule has 2 aromatic heterocycles. The second kappa shape index (κ2) is 7.01. The lowest BCUT2D eigenvalue weighted by molar-refractivity contribution is 0.0702. The van der Waals surface area contributed by atoms with Crippen LogP contribution >= 0.6 is 11.8 Å². The lowest BCUT2D eigenvalue weighted by atomic mass is 10.0. The molecular formula is C20H20N4O3S. The van der Waals surface area contributed by atoms with Crippen LogP contribution in [-0.4, -0.2) is 51.0 Å². The van der Waals surface area contributed by atoms with Gasteiger partial charge in [0.15, 0.2) is 11.5 Å². The van der Waals surface area contributed by atoms with Crippen LogP contribution in [0.4, 0.5) is 0 Å². The Labute approximate surface area is 165 Å². The quantitative estimate of drug-likeness (QED) is 0.710. The van der Waals surface area contributed by atoms with Gasteiger partial charge >= 0.3 is 0 Å². The number of benzene rings is 1. The first-order valence-corrected chi connectivity index (χ1v) is 10.6. The molecule has 0 saturated carbocycles. The van der Waals surface area contributed by atoms with Crippen molar-refractivity contribution in [3.8, 4) is 0 Å². The third-order valence-electron chi connectivity index (χ3n) is 5.34. The Morgan fingerprint density at radius 3 is 3.04 bits per heavy atom. The maximum Gasteiger partial charge on any atom is 0.289 e. The summed E-state index contributed by atoms with van der Waals surface area (Å²) in [5.74, 6) is 2.11. The number of para-hydroxylation sites is 1. The van der Waals surface area contributed by atoms with E-state index < -0.39 is 0 Å². The van der Waals surface area contributed by atoms with E-state index in [-0.39, 0.29) is 17.9 Å². The summed E-state index contributed by atoms with van der Waals surface area (Å²) in [6.45, 7) is 0.923. The predicted molar refractivity (Wildman–Crippen MR) is 106 cm³/mol. The molecule has 2 aliphatic rings. The zero-order chi connectivity index (χ0) is 19.1. The number of aromatic amines is 1. The molecule has 144 valence electrons. The van der Waals surface area contributed by atoms with Crippen molar-refractivity contribution in [1.29, 1.82) is 0 Å². The highest BCUT2D eigenvalue weighted by molar-refractivity contribution is 7.99. The van der Waals surface area contributed by atoms with E-state index in [4.69, 9.17) is 4.42 Å². The normalized spacial score (nSPS) is 19.0. The Kier molecular flexibility index (Phi) is 4.35. The number of carbonyl (C=O) groups excluding carboxylic acids is 2. The van der Waals surface area contributed by atoms with Gasteiger partial charge in [-0.3, -0.25) is 14.7 Å². The molecule has 5 rings (SSSR count). The molecule has 4 heterocycles. The molecule has 1 saturated heterocycles. The van der Waals surface area contributed by atoms with Crippen molar-refractivity contribution in [1.82, 2.24) is 20.4 Å². The van der Waals surface area contributed by atoms with E-state index in [1.165, 1.54) is 0 Å². The van der Waals surface area contributed by atoms with Gasteiger partial charge in [0.05, 0.1) is 12.2 Å². The molecule has 0 aliphatic carbocycles. The second-order valence-electron chi connectivity index (χ2n) is 7.19. The van der Waals surface area contributed by atoms with Gasteiger partial charge in [0.1, 0.15) is 5.58 Å². The highest BCUT2D eigenvalue weighted by Crippen LogP contribution is 2.25. The topological polar surface area (TPSA) is 91.2 Å². The van der Waals surface area contributed by atoms with Crippen molar-refractivity contribution in [3.05, 3.63) is 53.0 Å². The van der Waals surface area contributed by atoms with Gasteiger partial charge in [-0.1, -0.05) is 18.2 Å². The van der Waals surface area contributed by atoms with Crippen LogP contribution in [-0.2, 0) is 13.0 Å². The Hall–Kier alpha value is -2.74. The molecule has 1 atom stereocenters. The maximum absolute atomic E-state index is 12.9. The van der Waals surface area contributed by atoms with Crippen molar-refractivity contribution in [3.63, 3.8) is 0 Å². The lowest BCUT2D eigenvalue weighted by Gasteiger charge is -2.26. The van der Waals surface area contributed by atoms with E-state index >= 15 is 0 Å². The van der Waals surface area contributed by atoms with E-state index in [1.54, 1.807) is 11.0 Å². The van der Waals surface area contributed by atoms with E-state index in [1.807, 2.05) is 36.0 Å². The minimum atomic E-state index is -0.148. The first kappa shape index (κ1) is 17.4. The summed E-state index contributed by atoms with van der Waals surface area (Å²) in [6.07, 6.45) is 1.60. The summed E-state index contributed by atoms with van der Waals surface area (Å²) in [5.41, 5.74) is 2.90. The highest BCUT2D eigenvalue weighted by atomic mass is 32.2. The monoisotopic (exact) mass is 396 g/mol. The molecule has 28 heavy (non-hydrogen) atoms. The van der Waals surface area contributed by atoms with Crippen molar-refractivity contribution < 1.29 is 14.0 Å². The Bertz CT molecular complexity index is 1020. The molecule has 0 radical (unpaired) electrons. The van der Waals surface area contributed by atoms with Crippen molar-refractivity contribution in [2.24, 2.45) is 0 Å². The zero-order valence-corrected chi connectivity index (χ0v) is 16.1. The van der Waals surface area contributed by atoms with Gasteiger partial charge in [-0.15, -0.1) is 0 Å². The average Bonchev–Trinajstić information content (AvgIpc) is 3.45. The minimum absolute atomic E-state index is 0.123.